The molecule has 0 aromatic heterocycles. The lowest BCUT2D eigenvalue weighted by Crippen LogP contribution is -2.42. The first kappa shape index (κ1) is 45.0. The van der Waals surface area contributed by atoms with E-state index in [0.717, 1.165) is 15.0 Å². The Kier molecular flexibility index (Phi) is 13.4. The van der Waals surface area contributed by atoms with Crippen molar-refractivity contribution in [3.8, 4) is 0 Å². The molecule has 0 saturated carbocycles. The standard InChI is InChI=1S/C39H45N9O12/c1-37(2,3)58-34(49)43(28-10-16-31(17-11-28)46(52)53)40-25-22-26(41-44(35(50)59-38(4,5)6)29-12-18-32(19-13-29)47(54)55)24-27(23-25)42-45(36(51)60-39(7,8)9)30-14-20-33(21-15-30)48(56)57/h10-24,40-42H,1-9H3. The highest BCUT2D eigenvalue weighted by atomic mass is 16.6. The predicted molar refractivity (Wildman–Crippen MR) is 223 cm³/mol. The fraction of sp³-hybridized carbons (Fsp3) is 0.308. The van der Waals surface area contributed by atoms with Crippen LogP contribution in [0, 0.1) is 30.3 Å². The van der Waals surface area contributed by atoms with Crippen molar-refractivity contribution < 1.29 is 43.4 Å². The molecule has 4 aromatic carbocycles. The number of non-ortho nitro benzene ring substituents is 3. The zero-order chi connectivity index (χ0) is 44.7. The second-order valence-electron chi connectivity index (χ2n) is 15.9. The first-order valence-electron chi connectivity index (χ1n) is 18.1. The lowest BCUT2D eigenvalue weighted by molar-refractivity contribution is -0.385. The van der Waals surface area contributed by atoms with Gasteiger partial charge in [0.2, 0.25) is 0 Å². The fourth-order valence-electron chi connectivity index (χ4n) is 4.95. The molecule has 0 bridgehead atoms. The Hall–Kier alpha value is -7.71. The summed E-state index contributed by atoms with van der Waals surface area (Å²) in [6.45, 7) is 14.7. The smallest absolute Gasteiger partial charge is 0.433 e. The van der Waals surface area contributed by atoms with E-state index in [0.29, 0.717) is 0 Å². The molecule has 0 saturated heterocycles. The number of hydrazine groups is 3. The van der Waals surface area contributed by atoms with Crippen molar-refractivity contribution in [1.82, 2.24) is 0 Å². The minimum absolute atomic E-state index is 0.0902. The van der Waals surface area contributed by atoms with Gasteiger partial charge in [0.1, 0.15) is 16.8 Å². The van der Waals surface area contributed by atoms with Crippen molar-refractivity contribution in [1.29, 1.82) is 0 Å². The first-order valence-corrected chi connectivity index (χ1v) is 18.1. The van der Waals surface area contributed by atoms with Gasteiger partial charge in [-0.15, -0.1) is 0 Å². The average Bonchev–Trinajstić information content (AvgIpc) is 3.13. The van der Waals surface area contributed by atoms with Crippen LogP contribution in [-0.4, -0.2) is 49.9 Å². The van der Waals surface area contributed by atoms with Crippen LogP contribution in [0.2, 0.25) is 0 Å². The van der Waals surface area contributed by atoms with Crippen LogP contribution >= 0.6 is 0 Å². The molecule has 0 radical (unpaired) electrons. The SMILES string of the molecule is CC(C)(C)OC(=O)N(Nc1cc(NN(C(=O)OC(C)(C)C)c2ccc([N+](=O)[O-])cc2)cc(NN(C(=O)OC(C)(C)C)c2ccc([N+](=O)[O-])cc2)c1)c1ccc([N+](=O)[O-])cc1. The third-order valence-electron chi connectivity index (χ3n) is 7.34. The summed E-state index contributed by atoms with van der Waals surface area (Å²) in [6.07, 6.45) is -2.77. The van der Waals surface area contributed by atoms with E-state index in [1.54, 1.807) is 62.3 Å². The Labute approximate surface area is 344 Å². The number of hydrogen-bond donors (Lipinski definition) is 3. The van der Waals surface area contributed by atoms with Crippen LogP contribution in [0.4, 0.5) is 65.6 Å². The van der Waals surface area contributed by atoms with E-state index in [9.17, 15) is 44.7 Å². The van der Waals surface area contributed by atoms with Gasteiger partial charge >= 0.3 is 18.3 Å². The maximum absolute atomic E-state index is 13.7. The van der Waals surface area contributed by atoms with Crippen molar-refractivity contribution in [2.75, 3.05) is 31.3 Å². The average molecular weight is 832 g/mol. The number of nitrogens with one attached hydrogen (secondary N) is 3. The number of nitro benzene ring substituents is 3. The predicted octanol–water partition coefficient (Wildman–Crippen LogP) is 9.72. The molecular weight excluding hydrogens is 786 g/mol. The van der Waals surface area contributed by atoms with Crippen molar-refractivity contribution in [3.05, 3.63) is 121 Å². The second kappa shape index (κ2) is 17.8. The van der Waals surface area contributed by atoms with E-state index in [-0.39, 0.29) is 51.2 Å². The summed E-state index contributed by atoms with van der Waals surface area (Å²) >= 11 is 0. The lowest BCUT2D eigenvalue weighted by atomic mass is 10.2. The van der Waals surface area contributed by atoms with E-state index >= 15 is 0 Å². The minimum Gasteiger partial charge on any atom is -0.442 e. The van der Waals surface area contributed by atoms with Crippen molar-refractivity contribution in [2.45, 2.75) is 79.1 Å². The molecule has 318 valence electrons. The molecule has 0 aliphatic rings. The number of nitro groups is 3. The van der Waals surface area contributed by atoms with Gasteiger partial charge in [0.15, 0.2) is 0 Å². The van der Waals surface area contributed by atoms with Gasteiger partial charge in [-0.25, -0.2) is 14.4 Å². The molecule has 0 spiro atoms. The van der Waals surface area contributed by atoms with E-state index in [2.05, 4.69) is 16.3 Å². The molecule has 0 unspecified atom stereocenters. The molecule has 0 aliphatic heterocycles. The summed E-state index contributed by atoms with van der Waals surface area (Å²) < 4.78 is 16.9. The quantitative estimate of drug-likeness (QED) is 0.0682. The van der Waals surface area contributed by atoms with Crippen LogP contribution in [0.15, 0.2) is 91.0 Å². The van der Waals surface area contributed by atoms with Crippen LogP contribution in [-0.2, 0) is 14.2 Å². The molecule has 0 atom stereocenters. The number of hydrogen-bond acceptors (Lipinski definition) is 15. The van der Waals surface area contributed by atoms with E-state index in [4.69, 9.17) is 14.2 Å². The summed E-state index contributed by atoms with van der Waals surface area (Å²) in [5.74, 6) is 0. The van der Waals surface area contributed by atoms with Gasteiger partial charge in [-0.1, -0.05) is 0 Å². The molecule has 3 amide bonds. The molecule has 21 heteroatoms. The minimum atomic E-state index is -0.995. The molecule has 60 heavy (non-hydrogen) atoms. The number of anilines is 6. The van der Waals surface area contributed by atoms with Crippen LogP contribution < -0.4 is 31.3 Å². The third kappa shape index (κ3) is 12.9. The zero-order valence-corrected chi connectivity index (χ0v) is 34.2. The third-order valence-corrected chi connectivity index (χ3v) is 7.34. The van der Waals surface area contributed by atoms with Crippen LogP contribution in [0.5, 0.6) is 0 Å². The monoisotopic (exact) mass is 831 g/mol. The fourth-order valence-corrected chi connectivity index (χ4v) is 4.95. The number of rotatable bonds is 12. The summed E-state index contributed by atoms with van der Waals surface area (Å²) in [4.78, 5) is 73.6. The highest BCUT2D eigenvalue weighted by Gasteiger charge is 2.29. The van der Waals surface area contributed by atoms with Gasteiger partial charge < -0.3 is 14.2 Å². The Bertz CT molecular complexity index is 1970. The number of amides is 3. The topological polar surface area (TPSA) is 254 Å². The normalized spacial score (nSPS) is 11.3. The number of benzene rings is 4. The molecule has 3 N–H and O–H groups in total. The van der Waals surface area contributed by atoms with Crippen molar-refractivity contribution in [3.63, 3.8) is 0 Å². The number of ether oxygens (including phenoxy) is 3. The highest BCUT2D eigenvalue weighted by molar-refractivity contribution is 5.94. The maximum Gasteiger partial charge on any atom is 0.433 e. The summed E-state index contributed by atoms with van der Waals surface area (Å²) in [6, 6.07) is 19.3. The maximum atomic E-state index is 13.7. The van der Waals surface area contributed by atoms with Crippen molar-refractivity contribution in [2.24, 2.45) is 0 Å². The molecule has 0 heterocycles. The molecule has 4 aromatic rings. The number of nitrogens with zero attached hydrogens (tertiary/aromatic N) is 6. The molecule has 4 rings (SSSR count). The zero-order valence-electron chi connectivity index (χ0n) is 34.2. The van der Waals surface area contributed by atoms with Gasteiger partial charge in [0, 0.05) is 36.4 Å². The van der Waals surface area contributed by atoms with E-state index in [1.165, 1.54) is 91.0 Å². The lowest BCUT2D eigenvalue weighted by Gasteiger charge is -2.31. The number of carbonyl (C=O) groups is 3. The van der Waals surface area contributed by atoms with E-state index < -0.39 is 49.9 Å². The molecule has 21 nitrogen and oxygen atoms in total. The van der Waals surface area contributed by atoms with Gasteiger partial charge in [0.05, 0.1) is 48.9 Å². The highest BCUT2D eigenvalue weighted by Crippen LogP contribution is 2.31. The Morgan fingerprint density at radius 3 is 0.800 bits per heavy atom. The molecular formula is C39H45N9O12. The van der Waals surface area contributed by atoms with Crippen LogP contribution in [0.1, 0.15) is 62.3 Å². The van der Waals surface area contributed by atoms with Gasteiger partial charge in [-0.05, 0) is 117 Å². The Morgan fingerprint density at radius 1 is 0.433 bits per heavy atom. The first-order chi connectivity index (χ1) is 27.8. The molecule has 0 fully saturated rings. The van der Waals surface area contributed by atoms with Gasteiger partial charge in [-0.2, -0.15) is 15.0 Å². The summed E-state index contributed by atoms with van der Waals surface area (Å²) in [7, 11) is 0. The van der Waals surface area contributed by atoms with Crippen LogP contribution in [0.3, 0.4) is 0 Å². The van der Waals surface area contributed by atoms with Gasteiger partial charge in [-0.3, -0.25) is 46.6 Å². The van der Waals surface area contributed by atoms with E-state index in [1.807, 2.05) is 0 Å². The van der Waals surface area contributed by atoms with Gasteiger partial charge in [0.25, 0.3) is 17.1 Å². The Balaban J connectivity index is 1.92. The largest absolute Gasteiger partial charge is 0.442 e. The molecule has 0 aliphatic carbocycles. The Morgan fingerprint density at radius 2 is 0.633 bits per heavy atom. The summed E-state index contributed by atoms with van der Waals surface area (Å²) in [5.41, 5.74) is 5.70. The summed E-state index contributed by atoms with van der Waals surface area (Å²) in [5, 5.41) is 37.2. The second-order valence-corrected chi connectivity index (χ2v) is 15.9. The van der Waals surface area contributed by atoms with Crippen molar-refractivity contribution >= 4 is 69.5 Å². The number of carbonyl (C=O) groups excluding carboxylic acids is 3. The van der Waals surface area contributed by atoms with Crippen LogP contribution in [0.25, 0.3) is 0 Å².